The number of thiophene rings is 1. The second-order valence-corrected chi connectivity index (χ2v) is 11.6. The Bertz CT molecular complexity index is 984. The first kappa shape index (κ1) is 19.8. The van der Waals surface area contributed by atoms with Crippen LogP contribution in [0, 0.1) is 12.8 Å². The minimum absolute atomic E-state index is 0.0791. The third-order valence-corrected chi connectivity index (χ3v) is 8.57. The van der Waals surface area contributed by atoms with Gasteiger partial charge < -0.3 is 4.90 Å². The molecule has 4 heterocycles. The van der Waals surface area contributed by atoms with Crippen LogP contribution in [0.3, 0.4) is 0 Å². The maximum atomic E-state index is 13.0. The summed E-state index contributed by atoms with van der Waals surface area (Å²) in [7, 11) is -2.87. The van der Waals surface area contributed by atoms with Crippen LogP contribution in [0.25, 0.3) is 10.2 Å². The predicted octanol–water partition coefficient (Wildman–Crippen LogP) is 2.01. The summed E-state index contributed by atoms with van der Waals surface area (Å²) < 4.78 is 25.5. The van der Waals surface area contributed by atoms with Crippen LogP contribution in [0.15, 0.2) is 6.07 Å². The molecular formula is C19H28N4O3S2. The highest BCUT2D eigenvalue weighted by atomic mass is 32.2. The van der Waals surface area contributed by atoms with Crippen molar-refractivity contribution in [3.8, 4) is 0 Å². The normalized spacial score (nSPS) is 23.1. The number of carbonyl (C=O) groups is 1. The summed E-state index contributed by atoms with van der Waals surface area (Å²) in [4.78, 5) is 19.0. The number of carbonyl (C=O) groups excluding carboxylic acids is 1. The van der Waals surface area contributed by atoms with Gasteiger partial charge in [0.25, 0.3) is 5.91 Å². The first-order valence-corrected chi connectivity index (χ1v) is 12.6. The molecule has 0 saturated carbocycles. The highest BCUT2D eigenvalue weighted by molar-refractivity contribution is 7.91. The standard InChI is InChI=1S/C19H28N4O3S2/c1-13(2)11-23-19-16(14(3)20-23)10-17(27-19)18(24)22-7-5-21(6-8-22)15-4-9-28(25,26)12-15/h10,13,15H,4-9,11-12H2,1-3H3/t15-/m1/s1. The highest BCUT2D eigenvalue weighted by Crippen LogP contribution is 2.30. The van der Waals surface area contributed by atoms with Crippen molar-refractivity contribution in [3.05, 3.63) is 16.6 Å². The number of aromatic nitrogens is 2. The van der Waals surface area contributed by atoms with Gasteiger partial charge in [-0.3, -0.25) is 14.4 Å². The summed E-state index contributed by atoms with van der Waals surface area (Å²) in [6, 6.07) is 2.11. The molecule has 154 valence electrons. The second kappa shape index (κ2) is 7.42. The zero-order chi connectivity index (χ0) is 20.1. The summed E-state index contributed by atoms with van der Waals surface area (Å²) in [6.45, 7) is 9.97. The molecular weight excluding hydrogens is 396 g/mol. The van der Waals surface area contributed by atoms with E-state index in [9.17, 15) is 13.2 Å². The Labute approximate surface area is 170 Å². The Morgan fingerprint density at radius 2 is 2.00 bits per heavy atom. The molecule has 0 spiro atoms. The molecule has 2 saturated heterocycles. The van der Waals surface area contributed by atoms with Crippen LogP contribution in [0.4, 0.5) is 0 Å². The fourth-order valence-electron chi connectivity index (χ4n) is 4.20. The summed E-state index contributed by atoms with van der Waals surface area (Å²) in [6.07, 6.45) is 0.720. The lowest BCUT2D eigenvalue weighted by Gasteiger charge is -2.37. The van der Waals surface area contributed by atoms with E-state index >= 15 is 0 Å². The Balaban J connectivity index is 1.44. The van der Waals surface area contributed by atoms with Gasteiger partial charge >= 0.3 is 0 Å². The lowest BCUT2D eigenvalue weighted by atomic mass is 10.2. The molecule has 0 bridgehead atoms. The van der Waals surface area contributed by atoms with Gasteiger partial charge in [-0.15, -0.1) is 11.3 Å². The maximum absolute atomic E-state index is 13.0. The number of fused-ring (bicyclic) bond motifs is 1. The van der Waals surface area contributed by atoms with Gasteiger partial charge in [-0.1, -0.05) is 13.8 Å². The molecule has 2 aromatic heterocycles. The zero-order valence-electron chi connectivity index (χ0n) is 16.7. The predicted molar refractivity (Wildman–Crippen MR) is 112 cm³/mol. The lowest BCUT2D eigenvalue weighted by molar-refractivity contribution is 0.0592. The molecule has 0 unspecified atom stereocenters. The van der Waals surface area contributed by atoms with E-state index in [1.807, 2.05) is 22.6 Å². The molecule has 2 aromatic rings. The van der Waals surface area contributed by atoms with Crippen molar-refractivity contribution in [2.75, 3.05) is 37.7 Å². The molecule has 2 fully saturated rings. The van der Waals surface area contributed by atoms with Crippen molar-refractivity contribution in [1.82, 2.24) is 19.6 Å². The van der Waals surface area contributed by atoms with E-state index in [1.165, 1.54) is 11.3 Å². The molecule has 4 rings (SSSR count). The van der Waals surface area contributed by atoms with Crippen molar-refractivity contribution in [2.24, 2.45) is 5.92 Å². The highest BCUT2D eigenvalue weighted by Gasteiger charge is 2.34. The van der Waals surface area contributed by atoms with E-state index in [-0.39, 0.29) is 17.7 Å². The molecule has 9 heteroatoms. The lowest BCUT2D eigenvalue weighted by Crippen LogP contribution is -2.52. The molecule has 2 aliphatic heterocycles. The van der Waals surface area contributed by atoms with Gasteiger partial charge in [-0.2, -0.15) is 5.10 Å². The first-order chi connectivity index (χ1) is 13.2. The number of hydrogen-bond acceptors (Lipinski definition) is 6. The molecule has 1 atom stereocenters. The van der Waals surface area contributed by atoms with Crippen LogP contribution < -0.4 is 0 Å². The van der Waals surface area contributed by atoms with Gasteiger partial charge in [0.1, 0.15) is 4.83 Å². The molecule has 28 heavy (non-hydrogen) atoms. The van der Waals surface area contributed by atoms with E-state index in [2.05, 4.69) is 23.8 Å². The summed E-state index contributed by atoms with van der Waals surface area (Å²) >= 11 is 1.53. The number of rotatable bonds is 4. The van der Waals surface area contributed by atoms with E-state index in [0.717, 1.165) is 46.8 Å². The maximum Gasteiger partial charge on any atom is 0.264 e. The number of piperazine rings is 1. The van der Waals surface area contributed by atoms with E-state index in [0.29, 0.717) is 24.8 Å². The van der Waals surface area contributed by atoms with Crippen LogP contribution in [0.5, 0.6) is 0 Å². The van der Waals surface area contributed by atoms with Gasteiger partial charge in [0, 0.05) is 44.2 Å². The third-order valence-electron chi connectivity index (χ3n) is 5.68. The Kier molecular flexibility index (Phi) is 5.26. The van der Waals surface area contributed by atoms with Gasteiger partial charge in [0.15, 0.2) is 9.84 Å². The Morgan fingerprint density at radius 1 is 1.29 bits per heavy atom. The van der Waals surface area contributed by atoms with Crippen LogP contribution in [0.1, 0.15) is 35.6 Å². The first-order valence-electron chi connectivity index (χ1n) is 9.94. The van der Waals surface area contributed by atoms with Crippen LogP contribution in [-0.4, -0.2) is 77.6 Å². The minimum Gasteiger partial charge on any atom is -0.335 e. The third kappa shape index (κ3) is 3.84. The Hall–Kier alpha value is -1.45. The number of amides is 1. The molecule has 0 radical (unpaired) electrons. The quantitative estimate of drug-likeness (QED) is 0.750. The largest absolute Gasteiger partial charge is 0.335 e. The number of nitrogens with zero attached hydrogens (tertiary/aromatic N) is 4. The van der Waals surface area contributed by atoms with Crippen molar-refractivity contribution >= 4 is 37.3 Å². The minimum atomic E-state index is -2.87. The van der Waals surface area contributed by atoms with Crippen LogP contribution in [-0.2, 0) is 16.4 Å². The van der Waals surface area contributed by atoms with Gasteiger partial charge in [-0.25, -0.2) is 8.42 Å². The van der Waals surface area contributed by atoms with Crippen molar-refractivity contribution in [3.63, 3.8) is 0 Å². The topological polar surface area (TPSA) is 75.5 Å². The molecule has 1 amide bonds. The van der Waals surface area contributed by atoms with Gasteiger partial charge in [-0.05, 0) is 25.3 Å². The summed E-state index contributed by atoms with van der Waals surface area (Å²) in [5.74, 6) is 1.14. The summed E-state index contributed by atoms with van der Waals surface area (Å²) in [5, 5.41) is 5.69. The molecule has 7 nitrogen and oxygen atoms in total. The van der Waals surface area contributed by atoms with Crippen molar-refractivity contribution < 1.29 is 13.2 Å². The van der Waals surface area contributed by atoms with E-state index < -0.39 is 9.84 Å². The number of aryl methyl sites for hydroxylation is 1. The number of sulfone groups is 1. The van der Waals surface area contributed by atoms with Crippen LogP contribution >= 0.6 is 11.3 Å². The smallest absolute Gasteiger partial charge is 0.264 e. The molecule has 2 aliphatic rings. The zero-order valence-corrected chi connectivity index (χ0v) is 18.4. The summed E-state index contributed by atoms with van der Waals surface area (Å²) in [5.41, 5.74) is 0.971. The van der Waals surface area contributed by atoms with E-state index in [4.69, 9.17) is 0 Å². The second-order valence-electron chi connectivity index (χ2n) is 8.38. The van der Waals surface area contributed by atoms with Gasteiger partial charge in [0.2, 0.25) is 0 Å². The van der Waals surface area contributed by atoms with Crippen LogP contribution in [0.2, 0.25) is 0 Å². The average molecular weight is 425 g/mol. The van der Waals surface area contributed by atoms with Crippen molar-refractivity contribution in [2.45, 2.75) is 39.8 Å². The Morgan fingerprint density at radius 3 is 2.61 bits per heavy atom. The number of hydrogen-bond donors (Lipinski definition) is 0. The average Bonchev–Trinajstić information content (AvgIpc) is 3.30. The monoisotopic (exact) mass is 424 g/mol. The fraction of sp³-hybridized carbons (Fsp3) is 0.684. The van der Waals surface area contributed by atoms with E-state index in [1.54, 1.807) is 0 Å². The SMILES string of the molecule is Cc1nn(CC(C)C)c2sc(C(=O)N3CCN([C@@H]4CCS(=O)(=O)C4)CC3)cc12. The molecule has 0 N–H and O–H groups in total. The fourth-order valence-corrected chi connectivity index (χ4v) is 7.10. The van der Waals surface area contributed by atoms with Crippen molar-refractivity contribution in [1.29, 1.82) is 0 Å². The molecule has 0 aromatic carbocycles. The molecule has 0 aliphatic carbocycles. The van der Waals surface area contributed by atoms with Gasteiger partial charge in [0.05, 0.1) is 22.1 Å².